The minimum absolute atomic E-state index is 0.103. The summed E-state index contributed by atoms with van der Waals surface area (Å²) in [6.45, 7) is 1.91. The zero-order valence-electron chi connectivity index (χ0n) is 13.6. The molecule has 0 saturated heterocycles. The molecule has 6 nitrogen and oxygen atoms in total. The fourth-order valence-electron chi connectivity index (χ4n) is 2.37. The van der Waals surface area contributed by atoms with E-state index < -0.39 is 0 Å². The number of amides is 1. The summed E-state index contributed by atoms with van der Waals surface area (Å²) in [5.41, 5.74) is 2.82. The van der Waals surface area contributed by atoms with Crippen LogP contribution in [-0.4, -0.2) is 28.3 Å². The number of hydrogen-bond acceptors (Lipinski definition) is 4. The van der Waals surface area contributed by atoms with E-state index in [1.165, 1.54) is 7.11 Å². The van der Waals surface area contributed by atoms with Gasteiger partial charge in [-0.3, -0.25) is 9.89 Å². The normalized spacial score (nSPS) is 10.5. The molecule has 1 amide bonds. The average molecular weight is 358 g/mol. The van der Waals surface area contributed by atoms with Crippen LogP contribution in [0.1, 0.15) is 16.1 Å². The van der Waals surface area contributed by atoms with E-state index in [1.807, 2.05) is 6.92 Å². The molecule has 0 bridgehead atoms. The van der Waals surface area contributed by atoms with Crippen LogP contribution in [0.5, 0.6) is 11.5 Å². The first-order valence-corrected chi connectivity index (χ1v) is 7.86. The van der Waals surface area contributed by atoms with Crippen molar-refractivity contribution in [2.75, 3.05) is 12.4 Å². The maximum Gasteiger partial charge on any atom is 0.273 e. The van der Waals surface area contributed by atoms with Crippen LogP contribution < -0.4 is 10.1 Å². The van der Waals surface area contributed by atoms with E-state index in [-0.39, 0.29) is 17.4 Å². The number of nitrogens with one attached hydrogen (secondary N) is 2. The zero-order chi connectivity index (χ0) is 18.0. The maximum absolute atomic E-state index is 12.4. The van der Waals surface area contributed by atoms with Crippen LogP contribution in [0.3, 0.4) is 0 Å². The Balaban J connectivity index is 1.81. The van der Waals surface area contributed by atoms with Gasteiger partial charge in [0.15, 0.2) is 0 Å². The van der Waals surface area contributed by atoms with Gasteiger partial charge in [-0.15, -0.1) is 0 Å². The molecule has 0 aliphatic rings. The SMILES string of the molecule is COc1ccc(NC(=O)c2cc(-c3cc(C)ccc3O)n[nH]2)cc1Cl. The van der Waals surface area contributed by atoms with E-state index >= 15 is 0 Å². The number of phenolic OH excluding ortho intramolecular Hbond substituents is 1. The summed E-state index contributed by atoms with van der Waals surface area (Å²) in [7, 11) is 1.52. The fourth-order valence-corrected chi connectivity index (χ4v) is 2.63. The molecule has 0 radical (unpaired) electrons. The van der Waals surface area contributed by atoms with Crippen molar-refractivity contribution in [1.82, 2.24) is 10.2 Å². The summed E-state index contributed by atoms with van der Waals surface area (Å²) in [6, 6.07) is 11.7. The van der Waals surface area contributed by atoms with E-state index in [9.17, 15) is 9.90 Å². The van der Waals surface area contributed by atoms with Crippen molar-refractivity contribution in [2.45, 2.75) is 6.92 Å². The lowest BCUT2D eigenvalue weighted by atomic mass is 10.1. The van der Waals surface area contributed by atoms with Crippen LogP contribution in [-0.2, 0) is 0 Å². The van der Waals surface area contributed by atoms with Gasteiger partial charge in [-0.25, -0.2) is 0 Å². The minimum Gasteiger partial charge on any atom is -0.507 e. The number of aromatic hydroxyl groups is 1. The van der Waals surface area contributed by atoms with Crippen molar-refractivity contribution in [1.29, 1.82) is 0 Å². The number of anilines is 1. The highest BCUT2D eigenvalue weighted by Gasteiger charge is 2.14. The van der Waals surface area contributed by atoms with Gasteiger partial charge in [0.2, 0.25) is 0 Å². The second-order valence-electron chi connectivity index (χ2n) is 5.49. The third-order valence-corrected chi connectivity index (χ3v) is 3.96. The van der Waals surface area contributed by atoms with Crippen molar-refractivity contribution in [3.05, 3.63) is 58.7 Å². The summed E-state index contributed by atoms with van der Waals surface area (Å²) < 4.78 is 5.08. The molecule has 0 atom stereocenters. The van der Waals surface area contributed by atoms with Crippen LogP contribution in [0.15, 0.2) is 42.5 Å². The number of aromatic nitrogens is 2. The largest absolute Gasteiger partial charge is 0.507 e. The summed E-state index contributed by atoms with van der Waals surface area (Å²) in [6.07, 6.45) is 0. The first-order chi connectivity index (χ1) is 12.0. The van der Waals surface area contributed by atoms with Crippen LogP contribution >= 0.6 is 11.6 Å². The molecule has 3 N–H and O–H groups in total. The molecule has 0 aliphatic heterocycles. The number of carbonyl (C=O) groups excluding carboxylic acids is 1. The van der Waals surface area contributed by atoms with Crippen LogP contribution in [0.25, 0.3) is 11.3 Å². The standard InChI is InChI=1S/C18H16ClN3O3/c1-10-3-5-16(23)12(7-10)14-9-15(22-21-14)18(24)20-11-4-6-17(25-2)13(19)8-11/h3-9,23H,1-2H3,(H,20,24)(H,21,22). The second kappa shape index (κ2) is 6.86. The summed E-state index contributed by atoms with van der Waals surface area (Å²) in [5, 5.41) is 19.9. The molecule has 7 heteroatoms. The monoisotopic (exact) mass is 357 g/mol. The van der Waals surface area contributed by atoms with Gasteiger partial charge in [0.25, 0.3) is 5.91 Å². The van der Waals surface area contributed by atoms with Gasteiger partial charge in [0.1, 0.15) is 17.2 Å². The van der Waals surface area contributed by atoms with Gasteiger partial charge in [-0.2, -0.15) is 5.10 Å². The Kier molecular flexibility index (Phi) is 4.63. The molecule has 0 aliphatic carbocycles. The lowest BCUT2D eigenvalue weighted by molar-refractivity contribution is 0.102. The van der Waals surface area contributed by atoms with Crippen LogP contribution in [0.2, 0.25) is 5.02 Å². The van der Waals surface area contributed by atoms with Gasteiger partial charge in [0, 0.05) is 11.3 Å². The van der Waals surface area contributed by atoms with Crippen molar-refractivity contribution in [3.8, 4) is 22.8 Å². The van der Waals surface area contributed by atoms with Gasteiger partial charge < -0.3 is 15.2 Å². The number of nitrogens with zero attached hydrogens (tertiary/aromatic N) is 1. The number of rotatable bonds is 4. The van der Waals surface area contributed by atoms with Gasteiger partial charge in [-0.05, 0) is 43.3 Å². The smallest absolute Gasteiger partial charge is 0.273 e. The quantitative estimate of drug-likeness (QED) is 0.658. The maximum atomic E-state index is 12.4. The minimum atomic E-state index is -0.368. The summed E-state index contributed by atoms with van der Waals surface area (Å²) >= 11 is 6.05. The van der Waals surface area contributed by atoms with E-state index in [4.69, 9.17) is 16.3 Å². The Morgan fingerprint density at radius 2 is 2.04 bits per heavy atom. The summed E-state index contributed by atoms with van der Waals surface area (Å²) in [4.78, 5) is 12.4. The molecule has 0 spiro atoms. The van der Waals surface area contributed by atoms with Crippen molar-refractivity contribution in [2.24, 2.45) is 0 Å². The number of hydrogen-bond donors (Lipinski definition) is 3. The number of benzene rings is 2. The molecule has 0 unspecified atom stereocenters. The van der Waals surface area contributed by atoms with E-state index in [2.05, 4.69) is 15.5 Å². The summed E-state index contributed by atoms with van der Waals surface area (Å²) in [5.74, 6) is 0.261. The third-order valence-electron chi connectivity index (χ3n) is 3.66. The van der Waals surface area contributed by atoms with Crippen molar-refractivity contribution >= 4 is 23.2 Å². The fraction of sp³-hybridized carbons (Fsp3) is 0.111. The molecule has 0 saturated carbocycles. The molecule has 3 rings (SSSR count). The van der Waals surface area contributed by atoms with E-state index in [0.717, 1.165) is 5.56 Å². The Bertz CT molecular complexity index is 937. The Labute approximate surface area is 149 Å². The van der Waals surface area contributed by atoms with Gasteiger partial charge in [-0.1, -0.05) is 23.2 Å². The van der Waals surface area contributed by atoms with Gasteiger partial charge >= 0.3 is 0 Å². The molecular weight excluding hydrogens is 342 g/mol. The number of aromatic amines is 1. The first kappa shape index (κ1) is 16.9. The highest BCUT2D eigenvalue weighted by molar-refractivity contribution is 6.32. The molecule has 128 valence electrons. The predicted octanol–water partition coefficient (Wildman–Crippen LogP) is 4.01. The molecular formula is C18H16ClN3O3. The highest BCUT2D eigenvalue weighted by Crippen LogP contribution is 2.30. The van der Waals surface area contributed by atoms with Crippen LogP contribution in [0, 0.1) is 6.92 Å². The molecule has 25 heavy (non-hydrogen) atoms. The topological polar surface area (TPSA) is 87.2 Å². The lowest BCUT2D eigenvalue weighted by Gasteiger charge is -2.07. The average Bonchev–Trinajstić information content (AvgIpc) is 3.07. The van der Waals surface area contributed by atoms with E-state index in [1.54, 1.807) is 42.5 Å². The first-order valence-electron chi connectivity index (χ1n) is 7.48. The Hall–Kier alpha value is -2.99. The molecule has 0 fully saturated rings. The second-order valence-corrected chi connectivity index (χ2v) is 5.90. The lowest BCUT2D eigenvalue weighted by Crippen LogP contribution is -2.12. The van der Waals surface area contributed by atoms with Crippen molar-refractivity contribution in [3.63, 3.8) is 0 Å². The van der Waals surface area contributed by atoms with Gasteiger partial charge in [0.05, 0.1) is 17.8 Å². The number of H-pyrrole nitrogens is 1. The zero-order valence-corrected chi connectivity index (χ0v) is 14.4. The number of halogens is 1. The number of phenols is 1. The highest BCUT2D eigenvalue weighted by atomic mass is 35.5. The number of carbonyl (C=O) groups is 1. The number of aryl methyl sites for hydroxylation is 1. The number of methoxy groups -OCH3 is 1. The predicted molar refractivity (Wildman–Crippen MR) is 96.4 cm³/mol. The third kappa shape index (κ3) is 3.59. The number of ether oxygens (including phenoxy) is 1. The molecule has 1 aromatic heterocycles. The molecule has 2 aromatic carbocycles. The molecule has 1 heterocycles. The van der Waals surface area contributed by atoms with E-state index in [0.29, 0.717) is 27.7 Å². The van der Waals surface area contributed by atoms with Crippen molar-refractivity contribution < 1.29 is 14.6 Å². The molecule has 3 aromatic rings. The van der Waals surface area contributed by atoms with Crippen LogP contribution in [0.4, 0.5) is 5.69 Å². The Morgan fingerprint density at radius 3 is 2.76 bits per heavy atom. The Morgan fingerprint density at radius 1 is 1.24 bits per heavy atom.